The Hall–Kier alpha value is -3.48. The van der Waals surface area contributed by atoms with Crippen molar-refractivity contribution in [1.29, 1.82) is 0 Å². The van der Waals surface area contributed by atoms with Crippen molar-refractivity contribution in [2.75, 3.05) is 0 Å². The van der Waals surface area contributed by atoms with Crippen molar-refractivity contribution in [3.05, 3.63) is 96.4 Å². The highest BCUT2D eigenvalue weighted by Crippen LogP contribution is 1.89. The standard InChI is InChI=1S/C6H8N2.C6H7N.C5H8N2.C5H6N2/c1-5-3-4-7-6(2)8-5;1-6-4-2-3-5-7-6;1-5-6-3-4-7(5)2;1-5-6-3-2-4-7-5/h3-4H,1-2H3;2-5H,1H3;3-4H,1-2H3;2-4H,1H3. The first kappa shape index (κ1) is 23.6. The maximum absolute atomic E-state index is 4.06. The normalized spacial score (nSPS) is 9.03. The number of aryl methyl sites for hydroxylation is 6. The minimum absolute atomic E-state index is 0.822. The zero-order valence-electron chi connectivity index (χ0n) is 18.0. The number of rotatable bonds is 0. The third-order valence-corrected chi connectivity index (χ3v) is 3.48. The van der Waals surface area contributed by atoms with Gasteiger partial charge in [-0.3, -0.25) is 4.98 Å². The van der Waals surface area contributed by atoms with Crippen molar-refractivity contribution in [1.82, 2.24) is 34.5 Å². The van der Waals surface area contributed by atoms with E-state index in [-0.39, 0.29) is 0 Å². The van der Waals surface area contributed by atoms with Crippen molar-refractivity contribution in [2.45, 2.75) is 34.6 Å². The Balaban J connectivity index is 0.000000194. The van der Waals surface area contributed by atoms with E-state index in [4.69, 9.17) is 0 Å². The third kappa shape index (κ3) is 11.8. The molecule has 0 atom stereocenters. The van der Waals surface area contributed by atoms with Gasteiger partial charge in [-0.25, -0.2) is 24.9 Å². The van der Waals surface area contributed by atoms with Gasteiger partial charge in [0.25, 0.3) is 0 Å². The van der Waals surface area contributed by atoms with Crippen LogP contribution in [0.4, 0.5) is 0 Å². The molecule has 0 saturated carbocycles. The quantitative estimate of drug-likeness (QED) is 0.451. The molecule has 0 unspecified atom stereocenters. The lowest BCUT2D eigenvalue weighted by Gasteiger charge is -1.89. The van der Waals surface area contributed by atoms with Crippen LogP contribution in [0.1, 0.15) is 28.9 Å². The first-order valence-corrected chi connectivity index (χ1v) is 9.20. The molecule has 0 N–H and O–H groups in total. The molecule has 0 aromatic carbocycles. The van der Waals surface area contributed by atoms with Gasteiger partial charge >= 0.3 is 0 Å². The molecular formula is C22H29N7. The van der Waals surface area contributed by atoms with E-state index in [1.807, 2.05) is 76.7 Å². The van der Waals surface area contributed by atoms with E-state index < -0.39 is 0 Å². The molecule has 7 nitrogen and oxygen atoms in total. The van der Waals surface area contributed by atoms with Gasteiger partial charge in [0.15, 0.2) is 0 Å². The summed E-state index contributed by atoms with van der Waals surface area (Å²) in [5, 5.41) is 0. The van der Waals surface area contributed by atoms with E-state index in [1.54, 1.807) is 37.1 Å². The van der Waals surface area contributed by atoms with Gasteiger partial charge in [-0.1, -0.05) is 6.07 Å². The van der Waals surface area contributed by atoms with E-state index in [1.165, 1.54) is 0 Å². The third-order valence-electron chi connectivity index (χ3n) is 3.48. The maximum atomic E-state index is 4.06. The van der Waals surface area contributed by atoms with Crippen molar-refractivity contribution in [3.8, 4) is 0 Å². The SMILES string of the molecule is Cc1ccccn1.Cc1ccnc(C)n1.Cc1ncccn1.Cc1nccn1C. The van der Waals surface area contributed by atoms with Gasteiger partial charge in [0.1, 0.15) is 17.5 Å². The number of pyridine rings is 1. The first-order valence-electron chi connectivity index (χ1n) is 9.20. The zero-order valence-corrected chi connectivity index (χ0v) is 18.0. The Bertz CT molecular complexity index is 851. The van der Waals surface area contributed by atoms with Crippen LogP contribution in [0.3, 0.4) is 0 Å². The van der Waals surface area contributed by atoms with Gasteiger partial charge in [-0.15, -0.1) is 0 Å². The molecule has 0 aliphatic heterocycles. The fraction of sp³-hybridized carbons (Fsp3) is 0.273. The summed E-state index contributed by atoms with van der Waals surface area (Å²) in [6, 6.07) is 9.54. The second kappa shape index (κ2) is 13.7. The van der Waals surface area contributed by atoms with Crippen LogP contribution >= 0.6 is 0 Å². The molecule has 4 heterocycles. The molecule has 29 heavy (non-hydrogen) atoms. The van der Waals surface area contributed by atoms with Crippen LogP contribution in [-0.4, -0.2) is 34.5 Å². The minimum atomic E-state index is 0.822. The van der Waals surface area contributed by atoms with Crippen molar-refractivity contribution >= 4 is 0 Å². The molecule has 7 heteroatoms. The van der Waals surface area contributed by atoms with E-state index >= 15 is 0 Å². The maximum Gasteiger partial charge on any atom is 0.125 e. The molecule has 4 aromatic rings. The molecule has 0 saturated heterocycles. The summed E-state index contributed by atoms with van der Waals surface area (Å²) in [5.41, 5.74) is 2.10. The number of hydrogen-bond donors (Lipinski definition) is 0. The summed E-state index contributed by atoms with van der Waals surface area (Å²) in [6.45, 7) is 9.64. The summed E-state index contributed by atoms with van der Waals surface area (Å²) >= 11 is 0. The highest BCUT2D eigenvalue weighted by Gasteiger charge is 1.84. The average Bonchev–Trinajstić information content (AvgIpc) is 3.07. The number of nitrogens with zero attached hydrogens (tertiary/aromatic N) is 7. The van der Waals surface area contributed by atoms with E-state index in [0.717, 1.165) is 28.9 Å². The van der Waals surface area contributed by atoms with E-state index in [0.29, 0.717) is 0 Å². The molecule has 0 fully saturated rings. The molecule has 4 aromatic heterocycles. The van der Waals surface area contributed by atoms with Crippen molar-refractivity contribution in [2.24, 2.45) is 7.05 Å². The summed E-state index contributed by atoms with van der Waals surface area (Å²) in [6.07, 6.45) is 10.7. The first-order chi connectivity index (χ1) is 13.9. The zero-order chi connectivity index (χ0) is 21.5. The summed E-state index contributed by atoms with van der Waals surface area (Å²) in [5.74, 6) is 2.72. The summed E-state index contributed by atoms with van der Waals surface area (Å²) < 4.78 is 1.97. The van der Waals surface area contributed by atoms with Gasteiger partial charge in [0.05, 0.1) is 0 Å². The molecular weight excluding hydrogens is 362 g/mol. The number of imidazole rings is 1. The summed E-state index contributed by atoms with van der Waals surface area (Å²) in [4.78, 5) is 23.7. The Morgan fingerprint density at radius 2 is 1.24 bits per heavy atom. The van der Waals surface area contributed by atoms with Gasteiger partial charge in [0.2, 0.25) is 0 Å². The van der Waals surface area contributed by atoms with E-state index in [2.05, 4.69) is 29.9 Å². The van der Waals surface area contributed by atoms with Crippen LogP contribution in [0.15, 0.2) is 67.5 Å². The Kier molecular flexibility index (Phi) is 11.1. The van der Waals surface area contributed by atoms with Crippen LogP contribution in [0.25, 0.3) is 0 Å². The molecule has 4 rings (SSSR count). The smallest absolute Gasteiger partial charge is 0.125 e. The molecule has 0 spiro atoms. The number of aromatic nitrogens is 7. The fourth-order valence-electron chi connectivity index (χ4n) is 1.84. The lowest BCUT2D eigenvalue weighted by Crippen LogP contribution is -1.86. The summed E-state index contributed by atoms with van der Waals surface area (Å²) in [7, 11) is 1.97. The number of hydrogen-bond acceptors (Lipinski definition) is 6. The van der Waals surface area contributed by atoms with Gasteiger partial charge in [0, 0.05) is 55.6 Å². The van der Waals surface area contributed by atoms with Crippen LogP contribution < -0.4 is 0 Å². The largest absolute Gasteiger partial charge is 0.338 e. The van der Waals surface area contributed by atoms with Crippen molar-refractivity contribution < 1.29 is 0 Å². The van der Waals surface area contributed by atoms with Gasteiger partial charge in [-0.2, -0.15) is 0 Å². The van der Waals surface area contributed by atoms with Crippen LogP contribution in [0.5, 0.6) is 0 Å². The second-order valence-electron chi connectivity index (χ2n) is 6.10. The topological polar surface area (TPSA) is 82.3 Å². The highest BCUT2D eigenvalue weighted by atomic mass is 15.0. The fourth-order valence-corrected chi connectivity index (χ4v) is 1.84. The second-order valence-corrected chi connectivity index (χ2v) is 6.10. The highest BCUT2D eigenvalue weighted by molar-refractivity contribution is 5.00. The Labute approximate surface area is 173 Å². The van der Waals surface area contributed by atoms with E-state index in [9.17, 15) is 0 Å². The Morgan fingerprint density at radius 3 is 1.52 bits per heavy atom. The van der Waals surface area contributed by atoms with Gasteiger partial charge in [-0.05, 0) is 58.9 Å². The van der Waals surface area contributed by atoms with Crippen LogP contribution in [0, 0.1) is 34.6 Å². The average molecular weight is 392 g/mol. The molecule has 0 aliphatic rings. The van der Waals surface area contributed by atoms with Crippen molar-refractivity contribution in [3.63, 3.8) is 0 Å². The molecule has 0 bridgehead atoms. The predicted molar refractivity (Wildman–Crippen MR) is 115 cm³/mol. The molecule has 152 valence electrons. The molecule has 0 aliphatic carbocycles. The minimum Gasteiger partial charge on any atom is -0.338 e. The molecule has 0 amide bonds. The van der Waals surface area contributed by atoms with Gasteiger partial charge < -0.3 is 4.57 Å². The predicted octanol–water partition coefficient (Wildman–Crippen LogP) is 4.00. The monoisotopic (exact) mass is 391 g/mol. The lowest BCUT2D eigenvalue weighted by atomic mass is 10.4. The van der Waals surface area contributed by atoms with Crippen LogP contribution in [0.2, 0.25) is 0 Å². The Morgan fingerprint density at radius 1 is 0.586 bits per heavy atom. The van der Waals surface area contributed by atoms with Crippen LogP contribution in [-0.2, 0) is 7.05 Å². The molecule has 0 radical (unpaired) electrons. The lowest BCUT2D eigenvalue weighted by molar-refractivity contribution is 0.858.